The summed E-state index contributed by atoms with van der Waals surface area (Å²) in [6.45, 7) is 1.88. The van der Waals surface area contributed by atoms with Crippen molar-refractivity contribution in [2.45, 2.75) is 38.5 Å². The molecule has 1 rings (SSSR count). The van der Waals surface area contributed by atoms with Crippen LogP contribution in [-0.4, -0.2) is 32.5 Å². The van der Waals surface area contributed by atoms with Crippen molar-refractivity contribution >= 4 is 5.91 Å². The predicted molar refractivity (Wildman–Crippen MR) is 52.8 cm³/mol. The van der Waals surface area contributed by atoms with Gasteiger partial charge in [-0.3, -0.25) is 4.79 Å². The monoisotopic (exact) mass is 201 g/mol. The van der Waals surface area contributed by atoms with Gasteiger partial charge in [-0.15, -0.1) is 0 Å². The fraction of sp³-hybridized carbons (Fsp3) is 0.900. The summed E-state index contributed by atoms with van der Waals surface area (Å²) >= 11 is 0. The normalized spacial score (nSPS) is 18.3. The van der Waals surface area contributed by atoms with Crippen LogP contribution in [0.1, 0.15) is 26.2 Å². The number of ether oxygens (including phenoxy) is 2. The summed E-state index contributed by atoms with van der Waals surface area (Å²) in [4.78, 5) is 11.4. The van der Waals surface area contributed by atoms with Crippen molar-refractivity contribution in [2.24, 2.45) is 5.92 Å². The van der Waals surface area contributed by atoms with Gasteiger partial charge in [0.2, 0.25) is 5.91 Å². The number of rotatable bonds is 6. The molecule has 0 aliphatic heterocycles. The second-order valence-corrected chi connectivity index (χ2v) is 3.84. The van der Waals surface area contributed by atoms with Crippen LogP contribution < -0.4 is 5.32 Å². The zero-order chi connectivity index (χ0) is 10.6. The highest BCUT2D eigenvalue weighted by atomic mass is 16.7. The van der Waals surface area contributed by atoms with Gasteiger partial charge in [-0.2, -0.15) is 0 Å². The van der Waals surface area contributed by atoms with E-state index in [1.807, 2.05) is 6.92 Å². The zero-order valence-electron chi connectivity index (χ0n) is 9.08. The number of carbonyl (C=O) groups is 1. The number of methoxy groups -OCH3 is 2. The lowest BCUT2D eigenvalue weighted by atomic mass is 10.2. The summed E-state index contributed by atoms with van der Waals surface area (Å²) in [6.07, 6.45) is 2.67. The average molecular weight is 201 g/mol. The van der Waals surface area contributed by atoms with Gasteiger partial charge in [-0.25, -0.2) is 0 Å². The largest absolute Gasteiger partial charge is 0.354 e. The van der Waals surface area contributed by atoms with Crippen molar-refractivity contribution < 1.29 is 14.3 Å². The van der Waals surface area contributed by atoms with E-state index in [0.29, 0.717) is 12.3 Å². The van der Waals surface area contributed by atoms with E-state index in [-0.39, 0.29) is 18.2 Å². The van der Waals surface area contributed by atoms with Gasteiger partial charge in [0.25, 0.3) is 0 Å². The van der Waals surface area contributed by atoms with Crippen LogP contribution in [-0.2, 0) is 14.3 Å². The molecule has 0 bridgehead atoms. The third kappa shape index (κ3) is 3.64. The van der Waals surface area contributed by atoms with Gasteiger partial charge in [0.05, 0.1) is 6.04 Å². The second-order valence-electron chi connectivity index (χ2n) is 3.84. The predicted octanol–water partition coefficient (Wildman–Crippen LogP) is 0.910. The molecule has 1 amide bonds. The molecule has 1 saturated carbocycles. The third-order valence-electron chi connectivity index (χ3n) is 2.43. The minimum atomic E-state index is -0.363. The van der Waals surface area contributed by atoms with Gasteiger partial charge in [-0.1, -0.05) is 0 Å². The summed E-state index contributed by atoms with van der Waals surface area (Å²) in [5, 5.41) is 2.86. The van der Waals surface area contributed by atoms with E-state index in [4.69, 9.17) is 9.47 Å². The molecule has 1 unspecified atom stereocenters. The highest BCUT2D eigenvalue weighted by Crippen LogP contribution is 2.32. The Morgan fingerprint density at radius 2 is 2.00 bits per heavy atom. The van der Waals surface area contributed by atoms with Crippen LogP contribution in [0.15, 0.2) is 0 Å². The van der Waals surface area contributed by atoms with Crippen LogP contribution in [0.4, 0.5) is 0 Å². The molecular weight excluding hydrogens is 182 g/mol. The Hall–Kier alpha value is -0.610. The van der Waals surface area contributed by atoms with Crippen LogP contribution >= 0.6 is 0 Å². The summed E-state index contributed by atoms with van der Waals surface area (Å²) < 4.78 is 10.1. The Balaban J connectivity index is 2.22. The first kappa shape index (κ1) is 11.5. The maximum atomic E-state index is 11.4. The minimum absolute atomic E-state index is 0.0964. The van der Waals surface area contributed by atoms with Crippen LogP contribution in [0, 0.1) is 5.92 Å². The molecule has 0 radical (unpaired) electrons. The van der Waals surface area contributed by atoms with E-state index in [1.54, 1.807) is 14.2 Å². The van der Waals surface area contributed by atoms with Gasteiger partial charge in [-0.05, 0) is 25.7 Å². The number of amides is 1. The molecule has 1 aliphatic rings. The summed E-state index contributed by atoms with van der Waals surface area (Å²) in [5.74, 6) is 0.713. The van der Waals surface area contributed by atoms with E-state index < -0.39 is 0 Å². The maximum Gasteiger partial charge on any atom is 0.220 e. The molecule has 0 aromatic rings. The van der Waals surface area contributed by atoms with Crippen LogP contribution in [0.25, 0.3) is 0 Å². The van der Waals surface area contributed by atoms with Crippen molar-refractivity contribution in [2.75, 3.05) is 14.2 Å². The fourth-order valence-corrected chi connectivity index (χ4v) is 1.47. The Labute approximate surface area is 85.0 Å². The molecule has 0 spiro atoms. The Morgan fingerprint density at radius 1 is 1.43 bits per heavy atom. The molecule has 82 valence electrons. The first-order valence-corrected chi connectivity index (χ1v) is 5.02. The van der Waals surface area contributed by atoms with Crippen molar-refractivity contribution in [1.29, 1.82) is 0 Å². The zero-order valence-corrected chi connectivity index (χ0v) is 9.08. The molecule has 1 atom stereocenters. The SMILES string of the molecule is COC(OC)C(C)NC(=O)CC1CC1. The summed E-state index contributed by atoms with van der Waals surface area (Å²) in [6, 6.07) is -0.101. The Kier molecular flexibility index (Phi) is 4.35. The molecule has 0 saturated heterocycles. The molecule has 14 heavy (non-hydrogen) atoms. The van der Waals surface area contributed by atoms with Crippen molar-refractivity contribution in [3.05, 3.63) is 0 Å². The highest BCUT2D eigenvalue weighted by molar-refractivity contribution is 5.76. The number of carbonyl (C=O) groups excluding carboxylic acids is 1. The van der Waals surface area contributed by atoms with Crippen molar-refractivity contribution in [3.8, 4) is 0 Å². The van der Waals surface area contributed by atoms with E-state index >= 15 is 0 Å². The van der Waals surface area contributed by atoms with Crippen molar-refractivity contribution in [1.82, 2.24) is 5.32 Å². The molecule has 1 fully saturated rings. The number of nitrogens with one attached hydrogen (secondary N) is 1. The third-order valence-corrected chi connectivity index (χ3v) is 2.43. The molecule has 1 aliphatic carbocycles. The topological polar surface area (TPSA) is 47.6 Å². The molecule has 4 heteroatoms. The average Bonchev–Trinajstić information content (AvgIpc) is 2.90. The molecule has 0 heterocycles. The molecule has 0 aromatic carbocycles. The smallest absolute Gasteiger partial charge is 0.220 e. The highest BCUT2D eigenvalue weighted by Gasteiger charge is 2.26. The second kappa shape index (κ2) is 5.32. The van der Waals surface area contributed by atoms with Crippen molar-refractivity contribution in [3.63, 3.8) is 0 Å². The maximum absolute atomic E-state index is 11.4. The van der Waals surface area contributed by atoms with Gasteiger partial charge in [0.1, 0.15) is 0 Å². The lowest BCUT2D eigenvalue weighted by molar-refractivity contribution is -0.136. The van der Waals surface area contributed by atoms with Crippen LogP contribution in [0.3, 0.4) is 0 Å². The molecule has 1 N–H and O–H groups in total. The van der Waals surface area contributed by atoms with E-state index in [0.717, 1.165) is 0 Å². The van der Waals surface area contributed by atoms with Gasteiger partial charge in [0.15, 0.2) is 6.29 Å². The quantitative estimate of drug-likeness (QED) is 0.650. The molecule has 4 nitrogen and oxygen atoms in total. The van der Waals surface area contributed by atoms with Gasteiger partial charge >= 0.3 is 0 Å². The Morgan fingerprint density at radius 3 is 2.43 bits per heavy atom. The lowest BCUT2D eigenvalue weighted by Crippen LogP contribution is -2.43. The summed E-state index contributed by atoms with van der Waals surface area (Å²) in [7, 11) is 3.13. The Bertz CT molecular complexity index is 188. The van der Waals surface area contributed by atoms with Crippen LogP contribution in [0.5, 0.6) is 0 Å². The number of hydrogen-bond acceptors (Lipinski definition) is 3. The minimum Gasteiger partial charge on any atom is -0.354 e. The van der Waals surface area contributed by atoms with Crippen LogP contribution in [0.2, 0.25) is 0 Å². The standard InChI is InChI=1S/C10H19NO3/c1-7(10(13-2)14-3)11-9(12)6-8-4-5-8/h7-8,10H,4-6H2,1-3H3,(H,11,12). The summed E-state index contributed by atoms with van der Waals surface area (Å²) in [5.41, 5.74) is 0. The molecule has 0 aromatic heterocycles. The van der Waals surface area contributed by atoms with E-state index in [1.165, 1.54) is 12.8 Å². The van der Waals surface area contributed by atoms with Gasteiger partial charge in [0, 0.05) is 20.6 Å². The fourth-order valence-electron chi connectivity index (χ4n) is 1.47. The number of hydrogen-bond donors (Lipinski definition) is 1. The van der Waals surface area contributed by atoms with E-state index in [9.17, 15) is 4.79 Å². The molecular formula is C10H19NO3. The van der Waals surface area contributed by atoms with E-state index in [2.05, 4.69) is 5.32 Å². The van der Waals surface area contributed by atoms with Gasteiger partial charge < -0.3 is 14.8 Å². The lowest BCUT2D eigenvalue weighted by Gasteiger charge is -2.22. The first-order chi connectivity index (χ1) is 6.67. The first-order valence-electron chi connectivity index (χ1n) is 5.02.